The van der Waals surface area contributed by atoms with Crippen molar-refractivity contribution in [2.75, 3.05) is 13.2 Å². The Morgan fingerprint density at radius 2 is 1.60 bits per heavy atom. The number of ether oxygens (including phenoxy) is 2. The van der Waals surface area contributed by atoms with Gasteiger partial charge in [0.2, 0.25) is 5.96 Å². The molecule has 1 amide bonds. The summed E-state index contributed by atoms with van der Waals surface area (Å²) in [7, 11) is -4.11. The number of alkyl carbamates (subject to hydrolysis) is 1. The van der Waals surface area contributed by atoms with Crippen LogP contribution >= 0.6 is 0 Å². The molecule has 0 saturated carbocycles. The van der Waals surface area contributed by atoms with Crippen molar-refractivity contribution in [1.29, 1.82) is 0 Å². The van der Waals surface area contributed by atoms with Gasteiger partial charge in [-0.05, 0) is 114 Å². The number of aliphatic carboxylic acids is 1. The van der Waals surface area contributed by atoms with Crippen LogP contribution in [0.25, 0.3) is 11.1 Å². The first-order chi connectivity index (χ1) is 24.4. The van der Waals surface area contributed by atoms with Gasteiger partial charge in [0.1, 0.15) is 24.0 Å². The number of amides is 1. The number of unbranched alkanes of at least 4 members (excludes halogenated alkanes) is 1. The maximum absolute atomic E-state index is 13.9. The highest BCUT2D eigenvalue weighted by atomic mass is 32.2. The number of carbonyl (C=O) groups is 2. The summed E-state index contributed by atoms with van der Waals surface area (Å²) in [5, 5.41) is 12.3. The summed E-state index contributed by atoms with van der Waals surface area (Å²) in [6, 6.07) is 14.8. The van der Waals surface area contributed by atoms with E-state index in [9.17, 15) is 23.1 Å². The van der Waals surface area contributed by atoms with Crippen molar-refractivity contribution < 1.29 is 37.4 Å². The van der Waals surface area contributed by atoms with E-state index < -0.39 is 39.3 Å². The summed E-state index contributed by atoms with van der Waals surface area (Å²) < 4.78 is 42.1. The van der Waals surface area contributed by atoms with E-state index in [1.54, 1.807) is 13.8 Å². The van der Waals surface area contributed by atoms with Gasteiger partial charge in [-0.25, -0.2) is 28.2 Å². The summed E-state index contributed by atoms with van der Waals surface area (Å²) in [5.41, 5.74) is 8.70. The molecule has 0 unspecified atom stereocenters. The van der Waals surface area contributed by atoms with Gasteiger partial charge in [0.25, 0.3) is 10.0 Å². The molecule has 2 aliphatic rings. The Morgan fingerprint density at radius 1 is 0.981 bits per heavy atom. The molecule has 0 bridgehead atoms. The number of aliphatic imine (C=N–C) groups is 1. The lowest BCUT2D eigenvalue weighted by molar-refractivity contribution is -0.139. The number of carboxylic acid groups (broad SMARTS) is 1. The Balaban J connectivity index is 1.20. The van der Waals surface area contributed by atoms with Crippen molar-refractivity contribution in [2.24, 2.45) is 4.99 Å². The zero-order valence-electron chi connectivity index (χ0n) is 31.2. The highest BCUT2D eigenvalue weighted by Gasteiger charge is 2.37. The summed E-state index contributed by atoms with van der Waals surface area (Å²) in [4.78, 5) is 35.1. The Bertz CT molecular complexity index is 1940. The molecule has 1 atom stereocenters. The molecule has 3 aromatic rings. The molecule has 4 N–H and O–H groups in total. The van der Waals surface area contributed by atoms with Crippen molar-refractivity contribution in [2.45, 2.75) is 109 Å². The van der Waals surface area contributed by atoms with Crippen LogP contribution in [-0.4, -0.2) is 61.9 Å². The van der Waals surface area contributed by atoms with E-state index in [4.69, 9.17) is 14.3 Å². The Kier molecular flexibility index (Phi) is 11.3. The van der Waals surface area contributed by atoms with Crippen LogP contribution in [0.2, 0.25) is 0 Å². The van der Waals surface area contributed by atoms with Crippen LogP contribution in [0.1, 0.15) is 93.2 Å². The van der Waals surface area contributed by atoms with Gasteiger partial charge in [-0.2, -0.15) is 0 Å². The van der Waals surface area contributed by atoms with Crippen molar-refractivity contribution in [1.82, 2.24) is 15.5 Å². The zero-order valence-corrected chi connectivity index (χ0v) is 32.0. The fraction of sp³-hybridized carbons (Fsp3) is 0.462. The SMILES string of the molecule is Cc1c(C)c(S(=O)(=O)NC(=NCCCC[C@H](NC(=O)OCC2c3ccccc3-c3ccccc32)C(=O)O)NOC(C)(C)C)c(C)c2c1OC(C)(C)C2. The molecule has 1 aliphatic heterocycles. The van der Waals surface area contributed by atoms with Gasteiger partial charge in [-0.15, -0.1) is 0 Å². The van der Waals surface area contributed by atoms with Crippen molar-refractivity contribution in [3.63, 3.8) is 0 Å². The number of nitrogens with one attached hydrogen (secondary N) is 3. The lowest BCUT2D eigenvalue weighted by Gasteiger charge is -2.23. The monoisotopic (exact) mass is 734 g/mol. The lowest BCUT2D eigenvalue weighted by Crippen LogP contribution is -2.44. The van der Waals surface area contributed by atoms with Gasteiger partial charge >= 0.3 is 12.1 Å². The molecule has 13 heteroatoms. The third-order valence-corrected chi connectivity index (χ3v) is 11.0. The van der Waals surface area contributed by atoms with E-state index in [1.807, 2.05) is 90.1 Å². The van der Waals surface area contributed by atoms with Crippen molar-refractivity contribution in [3.8, 4) is 16.9 Å². The molecule has 12 nitrogen and oxygen atoms in total. The van der Waals surface area contributed by atoms with E-state index in [0.29, 0.717) is 30.4 Å². The van der Waals surface area contributed by atoms with Crippen LogP contribution in [0, 0.1) is 20.8 Å². The third-order valence-electron chi connectivity index (χ3n) is 9.35. The quantitative estimate of drug-likeness (QED) is 0.0709. The lowest BCUT2D eigenvalue weighted by atomic mass is 9.94. The molecule has 0 spiro atoms. The molecule has 3 aromatic carbocycles. The first-order valence-corrected chi connectivity index (χ1v) is 19.0. The summed E-state index contributed by atoms with van der Waals surface area (Å²) in [5.74, 6) is -0.706. The topological polar surface area (TPSA) is 165 Å². The molecular formula is C39H50N4O8S. The molecule has 1 heterocycles. The minimum Gasteiger partial charge on any atom is -0.487 e. The average molecular weight is 735 g/mol. The number of fused-ring (bicyclic) bond motifs is 4. The predicted octanol–water partition coefficient (Wildman–Crippen LogP) is 6.44. The van der Waals surface area contributed by atoms with Gasteiger partial charge in [0.15, 0.2) is 0 Å². The standard InChI is InChI=1S/C39H50N4O8S/c1-23-24(2)34(25(3)30-21-39(7,8)50-33(23)30)52(47,48)43-36(42-51-38(4,5)6)40-20-14-13-19-32(35(44)45)41-37(46)49-22-31-28-17-11-9-15-26(28)27-16-10-12-18-29(27)31/h9-12,15-18,31-32H,13-14,19-22H2,1-8H3,(H,41,46)(H,44,45)(H2,40,42,43)/t32-/m0/s1. The van der Waals surface area contributed by atoms with Crippen LogP contribution in [0.5, 0.6) is 5.75 Å². The molecule has 0 radical (unpaired) electrons. The van der Waals surface area contributed by atoms with Crippen LogP contribution in [0.3, 0.4) is 0 Å². The minimum atomic E-state index is -4.11. The van der Waals surface area contributed by atoms with Crippen LogP contribution in [-0.2, 0) is 30.8 Å². The number of hydrogen-bond donors (Lipinski definition) is 4. The van der Waals surface area contributed by atoms with Gasteiger partial charge in [-0.3, -0.25) is 9.83 Å². The minimum absolute atomic E-state index is 0.0685. The molecule has 1 aliphatic carbocycles. The fourth-order valence-electron chi connectivity index (χ4n) is 6.80. The molecule has 280 valence electrons. The van der Waals surface area contributed by atoms with E-state index in [2.05, 4.69) is 20.5 Å². The van der Waals surface area contributed by atoms with Crippen LogP contribution in [0.15, 0.2) is 58.4 Å². The van der Waals surface area contributed by atoms with Crippen molar-refractivity contribution in [3.05, 3.63) is 81.9 Å². The van der Waals surface area contributed by atoms with Gasteiger partial charge in [0.05, 0.1) is 10.5 Å². The first kappa shape index (κ1) is 38.6. The number of carbonyl (C=O) groups excluding carboxylic acids is 1. The predicted molar refractivity (Wildman–Crippen MR) is 199 cm³/mol. The summed E-state index contributed by atoms with van der Waals surface area (Å²) in [6.07, 6.45) is 0.670. The van der Waals surface area contributed by atoms with E-state index in [1.165, 1.54) is 0 Å². The van der Waals surface area contributed by atoms with Gasteiger partial charge < -0.3 is 19.9 Å². The van der Waals surface area contributed by atoms with Crippen LogP contribution in [0.4, 0.5) is 4.79 Å². The fourth-order valence-corrected chi connectivity index (χ4v) is 8.35. The van der Waals surface area contributed by atoms with Crippen molar-refractivity contribution >= 4 is 28.0 Å². The Hall–Kier alpha value is -4.62. The smallest absolute Gasteiger partial charge is 0.407 e. The zero-order chi connectivity index (χ0) is 38.0. The van der Waals surface area contributed by atoms with E-state index in [-0.39, 0.29) is 36.3 Å². The number of hydroxylamine groups is 1. The molecule has 0 saturated heterocycles. The number of hydrogen-bond acceptors (Lipinski definition) is 8. The normalized spacial score (nSPS) is 15.6. The largest absolute Gasteiger partial charge is 0.487 e. The second-order valence-electron chi connectivity index (χ2n) is 15.1. The van der Waals surface area contributed by atoms with E-state index >= 15 is 0 Å². The number of rotatable bonds is 12. The third kappa shape index (κ3) is 8.70. The molecule has 52 heavy (non-hydrogen) atoms. The molecule has 0 aromatic heterocycles. The number of carboxylic acids is 1. The molecule has 5 rings (SSSR count). The number of sulfonamides is 1. The molecule has 0 fully saturated rings. The number of guanidine groups is 1. The molecular weight excluding hydrogens is 685 g/mol. The maximum atomic E-state index is 13.9. The second-order valence-corrected chi connectivity index (χ2v) is 16.7. The van der Waals surface area contributed by atoms with Crippen LogP contribution < -0.4 is 20.3 Å². The number of nitrogens with zero attached hydrogens (tertiary/aromatic N) is 1. The Morgan fingerprint density at radius 3 is 2.19 bits per heavy atom. The second kappa shape index (κ2) is 15.2. The highest BCUT2D eigenvalue weighted by Crippen LogP contribution is 2.45. The first-order valence-electron chi connectivity index (χ1n) is 17.6. The Labute approximate surface area is 306 Å². The van der Waals surface area contributed by atoms with E-state index in [0.717, 1.165) is 39.1 Å². The maximum Gasteiger partial charge on any atom is 0.407 e. The number of benzene rings is 3. The van der Waals surface area contributed by atoms with Gasteiger partial charge in [0, 0.05) is 24.4 Å². The summed E-state index contributed by atoms with van der Waals surface area (Å²) in [6.45, 7) is 15.0. The summed E-state index contributed by atoms with van der Waals surface area (Å²) >= 11 is 0. The van der Waals surface area contributed by atoms with Gasteiger partial charge in [-0.1, -0.05) is 48.5 Å². The highest BCUT2D eigenvalue weighted by molar-refractivity contribution is 7.90. The average Bonchev–Trinajstić information content (AvgIpc) is 3.57.